The van der Waals surface area contributed by atoms with E-state index in [1.54, 1.807) is 18.3 Å². The van der Waals surface area contributed by atoms with Crippen molar-refractivity contribution in [2.24, 2.45) is 0 Å². The van der Waals surface area contributed by atoms with Crippen LogP contribution in [0.25, 0.3) is 0 Å². The number of aromatic nitrogens is 1. The van der Waals surface area contributed by atoms with E-state index in [-0.39, 0.29) is 0 Å². The molecule has 0 unspecified atom stereocenters. The maximum Gasteiger partial charge on any atom is 0.312 e. The third-order valence-electron chi connectivity index (χ3n) is 1.18. The fraction of sp³-hybridized carbons (Fsp3) is 0.143. The van der Waals surface area contributed by atoms with Crippen molar-refractivity contribution in [3.8, 4) is 0 Å². The molecule has 0 aliphatic rings. The Hall–Kier alpha value is -1.78. The van der Waals surface area contributed by atoms with Crippen LogP contribution in [0.3, 0.4) is 0 Å². The molecular formula is C7H8N2O3. The van der Waals surface area contributed by atoms with Gasteiger partial charge in [0.2, 0.25) is 5.91 Å². The fourth-order valence-corrected chi connectivity index (χ4v) is 0.740. The quantitative estimate of drug-likeness (QED) is 0.572. The molecule has 64 valence electrons. The molecule has 3 N–H and O–H groups in total. The van der Waals surface area contributed by atoms with Gasteiger partial charge in [0.25, 0.3) is 0 Å². The third kappa shape index (κ3) is 2.45. The number of carboxylic acids is 1. The summed E-state index contributed by atoms with van der Waals surface area (Å²) < 4.78 is 0. The summed E-state index contributed by atoms with van der Waals surface area (Å²) in [6.45, 7) is 0. The highest BCUT2D eigenvalue weighted by molar-refractivity contribution is 6.00. The SMILES string of the molecule is O=C(O)CC(=O)Nc1ccc[nH]1. The van der Waals surface area contributed by atoms with Crippen molar-refractivity contribution < 1.29 is 14.7 Å². The number of carboxylic acid groups (broad SMARTS) is 1. The van der Waals surface area contributed by atoms with Gasteiger partial charge in [-0.05, 0) is 12.1 Å². The summed E-state index contributed by atoms with van der Waals surface area (Å²) >= 11 is 0. The molecule has 0 aliphatic carbocycles. The largest absolute Gasteiger partial charge is 0.481 e. The number of hydrogen-bond acceptors (Lipinski definition) is 2. The van der Waals surface area contributed by atoms with E-state index in [0.29, 0.717) is 5.82 Å². The summed E-state index contributed by atoms with van der Waals surface area (Å²) in [5, 5.41) is 10.6. The van der Waals surface area contributed by atoms with Gasteiger partial charge in [0.1, 0.15) is 12.2 Å². The number of anilines is 1. The van der Waals surface area contributed by atoms with Gasteiger partial charge < -0.3 is 15.4 Å². The second-order valence-electron chi connectivity index (χ2n) is 2.20. The molecule has 0 aliphatic heterocycles. The number of carbonyl (C=O) groups excluding carboxylic acids is 1. The van der Waals surface area contributed by atoms with Crippen molar-refractivity contribution in [1.29, 1.82) is 0 Å². The van der Waals surface area contributed by atoms with E-state index >= 15 is 0 Å². The van der Waals surface area contributed by atoms with Crippen molar-refractivity contribution in [3.63, 3.8) is 0 Å². The van der Waals surface area contributed by atoms with Crippen LogP contribution in [-0.4, -0.2) is 22.0 Å². The average molecular weight is 168 g/mol. The van der Waals surface area contributed by atoms with Gasteiger partial charge in [-0.1, -0.05) is 0 Å². The number of rotatable bonds is 3. The lowest BCUT2D eigenvalue weighted by Crippen LogP contribution is -2.15. The standard InChI is InChI=1S/C7H8N2O3/c10-6(4-7(11)12)9-5-2-1-3-8-5/h1-3,8H,4H2,(H,9,10)(H,11,12). The first-order valence-electron chi connectivity index (χ1n) is 3.33. The molecule has 1 aromatic heterocycles. The van der Waals surface area contributed by atoms with E-state index in [1.807, 2.05) is 0 Å². The second kappa shape index (κ2) is 3.56. The molecule has 0 aromatic carbocycles. The Morgan fingerprint density at radius 1 is 1.58 bits per heavy atom. The predicted molar refractivity (Wildman–Crippen MR) is 41.7 cm³/mol. The lowest BCUT2D eigenvalue weighted by Gasteiger charge is -1.98. The zero-order chi connectivity index (χ0) is 8.97. The van der Waals surface area contributed by atoms with Crippen LogP contribution in [0.4, 0.5) is 5.82 Å². The van der Waals surface area contributed by atoms with Gasteiger partial charge in [-0.2, -0.15) is 0 Å². The molecule has 1 rings (SSSR count). The smallest absolute Gasteiger partial charge is 0.312 e. The molecule has 0 radical (unpaired) electrons. The Labute approximate surface area is 68.4 Å². The number of H-pyrrole nitrogens is 1. The van der Waals surface area contributed by atoms with Crippen LogP contribution in [0.2, 0.25) is 0 Å². The first kappa shape index (κ1) is 8.32. The number of amides is 1. The molecule has 1 heterocycles. The Morgan fingerprint density at radius 3 is 2.83 bits per heavy atom. The summed E-state index contributed by atoms with van der Waals surface area (Å²) in [7, 11) is 0. The van der Waals surface area contributed by atoms with Crippen LogP contribution in [-0.2, 0) is 9.59 Å². The number of aromatic amines is 1. The number of hydrogen-bond donors (Lipinski definition) is 3. The maximum absolute atomic E-state index is 10.8. The molecule has 0 saturated carbocycles. The molecule has 0 spiro atoms. The van der Waals surface area contributed by atoms with Gasteiger partial charge in [0, 0.05) is 6.20 Å². The molecule has 5 nitrogen and oxygen atoms in total. The van der Waals surface area contributed by atoms with Crippen molar-refractivity contribution >= 4 is 17.7 Å². The molecular weight excluding hydrogens is 160 g/mol. The van der Waals surface area contributed by atoms with Crippen LogP contribution in [0.5, 0.6) is 0 Å². The van der Waals surface area contributed by atoms with Crippen molar-refractivity contribution in [1.82, 2.24) is 4.98 Å². The van der Waals surface area contributed by atoms with Crippen LogP contribution in [0, 0.1) is 0 Å². The van der Waals surface area contributed by atoms with E-state index in [1.165, 1.54) is 0 Å². The number of nitrogens with one attached hydrogen (secondary N) is 2. The fourth-order valence-electron chi connectivity index (χ4n) is 0.740. The molecule has 0 fully saturated rings. The molecule has 0 saturated heterocycles. The van der Waals surface area contributed by atoms with E-state index < -0.39 is 18.3 Å². The maximum atomic E-state index is 10.8. The van der Waals surface area contributed by atoms with Crippen molar-refractivity contribution in [2.45, 2.75) is 6.42 Å². The Morgan fingerprint density at radius 2 is 2.33 bits per heavy atom. The number of carbonyl (C=O) groups is 2. The molecule has 1 aromatic rings. The van der Waals surface area contributed by atoms with Crippen molar-refractivity contribution in [2.75, 3.05) is 5.32 Å². The summed E-state index contributed by atoms with van der Waals surface area (Å²) in [6.07, 6.45) is 1.12. The lowest BCUT2D eigenvalue weighted by atomic mass is 10.4. The zero-order valence-corrected chi connectivity index (χ0v) is 6.20. The van der Waals surface area contributed by atoms with E-state index in [0.717, 1.165) is 0 Å². The zero-order valence-electron chi connectivity index (χ0n) is 6.20. The first-order chi connectivity index (χ1) is 5.68. The van der Waals surface area contributed by atoms with E-state index in [4.69, 9.17) is 5.11 Å². The van der Waals surface area contributed by atoms with Gasteiger partial charge in [-0.3, -0.25) is 9.59 Å². The molecule has 12 heavy (non-hydrogen) atoms. The van der Waals surface area contributed by atoms with E-state index in [9.17, 15) is 9.59 Å². The van der Waals surface area contributed by atoms with E-state index in [2.05, 4.69) is 10.3 Å². The highest BCUT2D eigenvalue weighted by Crippen LogP contribution is 2.01. The molecule has 1 amide bonds. The third-order valence-corrected chi connectivity index (χ3v) is 1.18. The molecule has 0 bridgehead atoms. The minimum atomic E-state index is -1.14. The minimum absolute atomic E-state index is 0.501. The van der Waals surface area contributed by atoms with Crippen LogP contribution >= 0.6 is 0 Å². The Kier molecular flexibility index (Phi) is 2.47. The molecule has 5 heteroatoms. The van der Waals surface area contributed by atoms with Crippen LogP contribution in [0.15, 0.2) is 18.3 Å². The van der Waals surface area contributed by atoms with Crippen LogP contribution < -0.4 is 5.32 Å². The first-order valence-corrected chi connectivity index (χ1v) is 3.33. The van der Waals surface area contributed by atoms with Gasteiger partial charge in [-0.25, -0.2) is 0 Å². The van der Waals surface area contributed by atoms with Gasteiger partial charge in [0.05, 0.1) is 0 Å². The Balaban J connectivity index is 2.42. The van der Waals surface area contributed by atoms with Crippen LogP contribution in [0.1, 0.15) is 6.42 Å². The lowest BCUT2D eigenvalue weighted by molar-refractivity contribution is -0.139. The summed E-state index contributed by atoms with van der Waals surface area (Å²) in [5.74, 6) is -1.18. The van der Waals surface area contributed by atoms with Crippen molar-refractivity contribution in [3.05, 3.63) is 18.3 Å². The monoisotopic (exact) mass is 168 g/mol. The second-order valence-corrected chi connectivity index (χ2v) is 2.20. The highest BCUT2D eigenvalue weighted by Gasteiger charge is 2.06. The Bertz CT molecular complexity index is 279. The minimum Gasteiger partial charge on any atom is -0.481 e. The average Bonchev–Trinajstić information content (AvgIpc) is 2.37. The highest BCUT2D eigenvalue weighted by atomic mass is 16.4. The van der Waals surface area contributed by atoms with Gasteiger partial charge >= 0.3 is 5.97 Å². The summed E-state index contributed by atoms with van der Waals surface area (Å²) in [6, 6.07) is 3.34. The topological polar surface area (TPSA) is 82.2 Å². The van der Waals surface area contributed by atoms with Gasteiger partial charge in [0.15, 0.2) is 0 Å². The normalized spacial score (nSPS) is 9.33. The number of aliphatic carboxylic acids is 1. The predicted octanol–water partition coefficient (Wildman–Crippen LogP) is 0.428. The van der Waals surface area contributed by atoms with Gasteiger partial charge in [-0.15, -0.1) is 0 Å². The summed E-state index contributed by atoms with van der Waals surface area (Å²) in [4.78, 5) is 23.6. The molecule has 0 atom stereocenters. The summed E-state index contributed by atoms with van der Waals surface area (Å²) in [5.41, 5.74) is 0.